The van der Waals surface area contributed by atoms with Crippen molar-refractivity contribution >= 4 is 10.0 Å². The number of hydrogen-bond acceptors (Lipinski definition) is 4. The Hall–Kier alpha value is -0.850. The zero-order chi connectivity index (χ0) is 12.9. The first-order chi connectivity index (χ1) is 7.91. The summed E-state index contributed by atoms with van der Waals surface area (Å²) in [6.07, 6.45) is 0.999. The Morgan fingerprint density at radius 1 is 1.47 bits per heavy atom. The van der Waals surface area contributed by atoms with Gasteiger partial charge in [-0.15, -0.1) is 0 Å². The Labute approximate surface area is 102 Å². The molecule has 17 heavy (non-hydrogen) atoms. The molecular weight excluding hydrogens is 242 g/mol. The molecule has 2 N–H and O–H groups in total. The summed E-state index contributed by atoms with van der Waals surface area (Å²) in [4.78, 5) is 0. The summed E-state index contributed by atoms with van der Waals surface area (Å²) in [5, 5.41) is 9.66. The summed E-state index contributed by atoms with van der Waals surface area (Å²) < 4.78 is 30.5. The minimum Gasteiger partial charge on any atom is -0.467 e. The van der Waals surface area contributed by atoms with Crippen LogP contribution >= 0.6 is 0 Å². The molecule has 0 bridgehead atoms. The van der Waals surface area contributed by atoms with Gasteiger partial charge in [0.15, 0.2) is 0 Å². The van der Waals surface area contributed by atoms with Gasteiger partial charge in [-0.2, -0.15) is 0 Å². The average molecular weight is 261 g/mol. The molecule has 0 aliphatic rings. The zero-order valence-corrected chi connectivity index (χ0v) is 10.9. The van der Waals surface area contributed by atoms with Crippen LogP contribution in [-0.4, -0.2) is 25.8 Å². The first kappa shape index (κ1) is 14.2. The van der Waals surface area contributed by atoms with Crippen molar-refractivity contribution in [2.45, 2.75) is 26.4 Å². The Bertz CT molecular complexity index is 411. The first-order valence-electron chi connectivity index (χ1n) is 5.59. The molecule has 0 amide bonds. The van der Waals surface area contributed by atoms with Gasteiger partial charge < -0.3 is 9.52 Å². The zero-order valence-electron chi connectivity index (χ0n) is 10.1. The lowest BCUT2D eigenvalue weighted by Gasteiger charge is -2.10. The summed E-state index contributed by atoms with van der Waals surface area (Å²) in [6, 6.07) is 3.34. The molecule has 0 saturated carbocycles. The summed E-state index contributed by atoms with van der Waals surface area (Å²) in [7, 11) is -3.24. The second-order valence-corrected chi connectivity index (χ2v) is 6.24. The van der Waals surface area contributed by atoms with Crippen molar-refractivity contribution in [3.05, 3.63) is 24.2 Å². The van der Waals surface area contributed by atoms with E-state index in [1.807, 2.05) is 13.8 Å². The minimum atomic E-state index is -3.24. The molecular formula is C11H19NO4S. The van der Waals surface area contributed by atoms with Crippen LogP contribution in [0.25, 0.3) is 0 Å². The van der Waals surface area contributed by atoms with Gasteiger partial charge in [0.2, 0.25) is 10.0 Å². The molecule has 5 nitrogen and oxygen atoms in total. The van der Waals surface area contributed by atoms with Crippen LogP contribution in [0.1, 0.15) is 32.1 Å². The van der Waals surface area contributed by atoms with Crippen molar-refractivity contribution in [1.82, 2.24) is 4.72 Å². The van der Waals surface area contributed by atoms with Gasteiger partial charge in [0.25, 0.3) is 0 Å². The van der Waals surface area contributed by atoms with Crippen molar-refractivity contribution in [3.8, 4) is 0 Å². The highest BCUT2D eigenvalue weighted by atomic mass is 32.2. The molecule has 0 aliphatic carbocycles. The van der Waals surface area contributed by atoms with Gasteiger partial charge in [-0.05, 0) is 24.5 Å². The predicted octanol–water partition coefficient (Wildman–Crippen LogP) is 1.28. The fourth-order valence-corrected chi connectivity index (χ4v) is 2.90. The number of sulfonamides is 1. The topological polar surface area (TPSA) is 79.5 Å². The molecule has 98 valence electrons. The SMILES string of the molecule is CC(C)CS(=O)(=O)NCCC(O)c1ccco1. The van der Waals surface area contributed by atoms with Crippen LogP contribution in [0.5, 0.6) is 0 Å². The number of aliphatic hydroxyl groups excluding tert-OH is 1. The maximum atomic E-state index is 11.5. The third-order valence-corrected chi connectivity index (χ3v) is 3.91. The van der Waals surface area contributed by atoms with Gasteiger partial charge in [-0.1, -0.05) is 13.8 Å². The van der Waals surface area contributed by atoms with Gasteiger partial charge in [0.05, 0.1) is 12.0 Å². The molecule has 1 heterocycles. The van der Waals surface area contributed by atoms with E-state index in [4.69, 9.17) is 4.42 Å². The number of hydrogen-bond donors (Lipinski definition) is 2. The number of nitrogens with one attached hydrogen (secondary N) is 1. The van der Waals surface area contributed by atoms with Crippen LogP contribution in [0, 0.1) is 5.92 Å². The second-order valence-electron chi connectivity index (χ2n) is 4.39. The monoisotopic (exact) mass is 261 g/mol. The fourth-order valence-electron chi connectivity index (χ4n) is 1.47. The Morgan fingerprint density at radius 3 is 2.71 bits per heavy atom. The van der Waals surface area contributed by atoms with Crippen LogP contribution in [-0.2, 0) is 10.0 Å². The van der Waals surface area contributed by atoms with Crippen LogP contribution < -0.4 is 4.72 Å². The van der Waals surface area contributed by atoms with Gasteiger partial charge in [-0.3, -0.25) is 0 Å². The third-order valence-electron chi connectivity index (χ3n) is 2.16. The Kier molecular flexibility index (Phi) is 5.17. The van der Waals surface area contributed by atoms with Crippen molar-refractivity contribution in [1.29, 1.82) is 0 Å². The van der Waals surface area contributed by atoms with Crippen LogP contribution in [0.3, 0.4) is 0 Å². The van der Waals surface area contributed by atoms with Crippen LogP contribution in [0.4, 0.5) is 0 Å². The summed E-state index contributed by atoms with van der Waals surface area (Å²) >= 11 is 0. The van der Waals surface area contributed by atoms with E-state index in [2.05, 4.69) is 4.72 Å². The van der Waals surface area contributed by atoms with Gasteiger partial charge in [0.1, 0.15) is 11.9 Å². The van der Waals surface area contributed by atoms with Crippen molar-refractivity contribution in [3.63, 3.8) is 0 Å². The van der Waals surface area contributed by atoms with E-state index in [0.717, 1.165) is 0 Å². The summed E-state index contributed by atoms with van der Waals surface area (Å²) in [6.45, 7) is 3.89. The van der Waals surface area contributed by atoms with Crippen molar-refractivity contribution < 1.29 is 17.9 Å². The Balaban J connectivity index is 2.33. The van der Waals surface area contributed by atoms with E-state index in [1.54, 1.807) is 12.1 Å². The lowest BCUT2D eigenvalue weighted by Crippen LogP contribution is -2.30. The largest absolute Gasteiger partial charge is 0.467 e. The number of aliphatic hydroxyl groups is 1. The van der Waals surface area contributed by atoms with Crippen molar-refractivity contribution in [2.24, 2.45) is 5.92 Å². The second kappa shape index (κ2) is 6.18. The van der Waals surface area contributed by atoms with Crippen molar-refractivity contribution in [2.75, 3.05) is 12.3 Å². The fraction of sp³-hybridized carbons (Fsp3) is 0.636. The molecule has 6 heteroatoms. The van der Waals surface area contributed by atoms with Crippen LogP contribution in [0.15, 0.2) is 22.8 Å². The number of furan rings is 1. The minimum absolute atomic E-state index is 0.0856. The molecule has 0 spiro atoms. The summed E-state index contributed by atoms with van der Waals surface area (Å²) in [5.41, 5.74) is 0. The first-order valence-corrected chi connectivity index (χ1v) is 7.25. The standard InChI is InChI=1S/C11H19NO4S/c1-9(2)8-17(14,15)12-6-5-10(13)11-4-3-7-16-11/h3-4,7,9-10,12-13H,5-6,8H2,1-2H3. The van der Waals surface area contributed by atoms with E-state index in [0.29, 0.717) is 12.2 Å². The molecule has 0 fully saturated rings. The highest BCUT2D eigenvalue weighted by Crippen LogP contribution is 2.15. The molecule has 1 aromatic heterocycles. The van der Waals surface area contributed by atoms with E-state index < -0.39 is 16.1 Å². The molecule has 1 aromatic rings. The van der Waals surface area contributed by atoms with Gasteiger partial charge >= 0.3 is 0 Å². The number of rotatable bonds is 7. The molecule has 1 atom stereocenters. The molecule has 1 rings (SSSR count). The molecule has 1 unspecified atom stereocenters. The van der Waals surface area contributed by atoms with E-state index in [-0.39, 0.29) is 18.2 Å². The highest BCUT2D eigenvalue weighted by molar-refractivity contribution is 7.89. The molecule has 0 aromatic carbocycles. The maximum Gasteiger partial charge on any atom is 0.211 e. The molecule has 0 saturated heterocycles. The lowest BCUT2D eigenvalue weighted by molar-refractivity contribution is 0.141. The lowest BCUT2D eigenvalue weighted by atomic mass is 10.2. The van der Waals surface area contributed by atoms with Crippen LogP contribution in [0.2, 0.25) is 0 Å². The smallest absolute Gasteiger partial charge is 0.211 e. The third kappa shape index (κ3) is 5.34. The van der Waals surface area contributed by atoms with E-state index in [9.17, 15) is 13.5 Å². The summed E-state index contributed by atoms with van der Waals surface area (Å²) in [5.74, 6) is 0.639. The quantitative estimate of drug-likeness (QED) is 0.775. The normalized spacial score (nSPS) is 14.1. The van der Waals surface area contributed by atoms with Gasteiger partial charge in [-0.25, -0.2) is 13.1 Å². The van der Waals surface area contributed by atoms with Gasteiger partial charge in [0, 0.05) is 6.54 Å². The van der Waals surface area contributed by atoms with E-state index in [1.165, 1.54) is 6.26 Å². The predicted molar refractivity (Wildman–Crippen MR) is 64.9 cm³/mol. The maximum absolute atomic E-state index is 11.5. The Morgan fingerprint density at radius 2 is 2.18 bits per heavy atom. The average Bonchev–Trinajstić information content (AvgIpc) is 2.67. The van der Waals surface area contributed by atoms with E-state index >= 15 is 0 Å². The molecule has 0 aliphatic heterocycles. The highest BCUT2D eigenvalue weighted by Gasteiger charge is 2.14. The molecule has 0 radical (unpaired) electrons.